The van der Waals surface area contributed by atoms with Crippen LogP contribution in [0.4, 0.5) is 5.82 Å². The molecule has 3 heterocycles. The van der Waals surface area contributed by atoms with E-state index in [4.69, 9.17) is 9.47 Å². The second kappa shape index (κ2) is 7.91. The van der Waals surface area contributed by atoms with Gasteiger partial charge in [0.1, 0.15) is 17.7 Å². The van der Waals surface area contributed by atoms with Crippen molar-refractivity contribution >= 4 is 22.6 Å². The lowest BCUT2D eigenvalue weighted by molar-refractivity contribution is -0.117. The minimum Gasteiger partial charge on any atom is -0.480 e. The van der Waals surface area contributed by atoms with E-state index >= 15 is 0 Å². The average Bonchev–Trinajstić information content (AvgIpc) is 3.42. The van der Waals surface area contributed by atoms with E-state index in [1.54, 1.807) is 20.4 Å². The van der Waals surface area contributed by atoms with E-state index in [9.17, 15) is 4.79 Å². The Balaban J connectivity index is 1.63. The summed E-state index contributed by atoms with van der Waals surface area (Å²) in [5.74, 6) is 1.91. The Labute approximate surface area is 175 Å². The molecule has 3 aromatic heterocycles. The van der Waals surface area contributed by atoms with Gasteiger partial charge < -0.3 is 24.3 Å². The van der Waals surface area contributed by atoms with Gasteiger partial charge in [-0.3, -0.25) is 4.79 Å². The lowest BCUT2D eigenvalue weighted by Crippen LogP contribution is -2.20. The Bertz CT molecular complexity index is 1070. The van der Waals surface area contributed by atoms with Crippen molar-refractivity contribution in [3.05, 3.63) is 24.7 Å². The number of pyridine rings is 1. The number of carbonyl (C=O) groups excluding carboxylic acids is 1. The fraction of sp³-hybridized carbons (Fsp3) is 0.429. The summed E-state index contributed by atoms with van der Waals surface area (Å²) in [5, 5.41) is 3.90. The van der Waals surface area contributed by atoms with E-state index in [0.29, 0.717) is 29.1 Å². The van der Waals surface area contributed by atoms with Crippen LogP contribution in [0.25, 0.3) is 22.2 Å². The highest BCUT2D eigenvalue weighted by Gasteiger charge is 2.43. The molecular formula is C21H26N6O3. The van der Waals surface area contributed by atoms with Gasteiger partial charge in [0, 0.05) is 24.9 Å². The molecule has 1 N–H and O–H groups in total. The first-order valence-corrected chi connectivity index (χ1v) is 9.77. The Morgan fingerprint density at radius 1 is 1.20 bits per heavy atom. The molecule has 0 aliphatic heterocycles. The normalized spacial score (nSPS) is 17.9. The molecule has 3 aromatic rings. The number of hydrogen-bond acceptors (Lipinski definition) is 7. The van der Waals surface area contributed by atoms with E-state index in [1.165, 1.54) is 6.33 Å². The van der Waals surface area contributed by atoms with Crippen molar-refractivity contribution in [2.45, 2.75) is 6.42 Å². The molecule has 1 aliphatic carbocycles. The first-order chi connectivity index (χ1) is 14.4. The predicted octanol–water partition coefficient (Wildman–Crippen LogP) is 2.18. The van der Waals surface area contributed by atoms with Crippen molar-refractivity contribution in [3.8, 4) is 23.0 Å². The largest absolute Gasteiger partial charge is 0.480 e. The molecule has 0 radical (unpaired) electrons. The number of carbonyl (C=O) groups is 1. The van der Waals surface area contributed by atoms with Crippen LogP contribution < -0.4 is 14.8 Å². The topological polar surface area (TPSA) is 94.4 Å². The van der Waals surface area contributed by atoms with Crippen LogP contribution in [-0.2, 0) is 11.8 Å². The highest BCUT2D eigenvalue weighted by Crippen LogP contribution is 2.40. The number of fused-ring (bicyclic) bond motifs is 1. The second-order valence-corrected chi connectivity index (χ2v) is 7.84. The third kappa shape index (κ3) is 3.68. The molecule has 0 saturated heterocycles. The van der Waals surface area contributed by atoms with Gasteiger partial charge in [-0.15, -0.1) is 0 Å². The summed E-state index contributed by atoms with van der Waals surface area (Å²) in [5.41, 5.74) is 2.40. The van der Waals surface area contributed by atoms with E-state index in [0.717, 1.165) is 29.6 Å². The molecule has 158 valence electrons. The average molecular weight is 410 g/mol. The number of rotatable bonds is 7. The van der Waals surface area contributed by atoms with Crippen LogP contribution in [0.3, 0.4) is 0 Å². The van der Waals surface area contributed by atoms with Crippen molar-refractivity contribution in [3.63, 3.8) is 0 Å². The molecule has 0 spiro atoms. The summed E-state index contributed by atoms with van der Waals surface area (Å²) in [6.07, 6.45) is 4.08. The van der Waals surface area contributed by atoms with Crippen LogP contribution in [0.15, 0.2) is 24.7 Å². The zero-order chi connectivity index (χ0) is 21.4. The van der Waals surface area contributed by atoms with Crippen molar-refractivity contribution in [2.75, 3.05) is 40.2 Å². The summed E-state index contributed by atoms with van der Waals surface area (Å²) in [6.45, 7) is 0.926. The quantitative estimate of drug-likeness (QED) is 0.638. The maximum atomic E-state index is 12.5. The molecule has 2 unspecified atom stereocenters. The molecule has 0 aromatic carbocycles. The van der Waals surface area contributed by atoms with Gasteiger partial charge >= 0.3 is 0 Å². The van der Waals surface area contributed by atoms with Crippen molar-refractivity contribution < 1.29 is 14.3 Å². The zero-order valence-corrected chi connectivity index (χ0v) is 17.8. The Kier molecular flexibility index (Phi) is 5.29. The van der Waals surface area contributed by atoms with Crippen LogP contribution in [0.1, 0.15) is 6.42 Å². The standard InChI is InChI=1S/C21H26N6O3/c1-26(2)10-13-6-14(13)19(28)25-17-8-12-7-15(27(3)16(12)9-22-17)18-20(29-4)23-11-24-21(18)30-5/h7-9,11,13-14H,6,10H2,1-5H3,(H,22,25,28). The first-order valence-electron chi connectivity index (χ1n) is 9.77. The number of methoxy groups -OCH3 is 2. The van der Waals surface area contributed by atoms with Crippen LogP contribution in [0, 0.1) is 11.8 Å². The maximum Gasteiger partial charge on any atom is 0.229 e. The van der Waals surface area contributed by atoms with Crippen molar-refractivity contribution in [1.29, 1.82) is 0 Å². The van der Waals surface area contributed by atoms with Gasteiger partial charge in [0.25, 0.3) is 0 Å². The van der Waals surface area contributed by atoms with E-state index in [-0.39, 0.29) is 11.8 Å². The smallest absolute Gasteiger partial charge is 0.229 e. The molecule has 1 aliphatic rings. The number of amides is 1. The number of nitrogens with one attached hydrogen (secondary N) is 1. The third-order valence-corrected chi connectivity index (χ3v) is 5.46. The van der Waals surface area contributed by atoms with E-state index < -0.39 is 0 Å². The lowest BCUT2D eigenvalue weighted by atomic mass is 10.2. The molecule has 4 rings (SSSR count). The highest BCUT2D eigenvalue weighted by molar-refractivity contribution is 5.96. The van der Waals surface area contributed by atoms with E-state index in [2.05, 4.69) is 25.2 Å². The molecule has 1 saturated carbocycles. The van der Waals surface area contributed by atoms with Gasteiger partial charge in [-0.1, -0.05) is 0 Å². The van der Waals surface area contributed by atoms with Gasteiger partial charge in [-0.25, -0.2) is 15.0 Å². The van der Waals surface area contributed by atoms with Gasteiger partial charge in [0.05, 0.1) is 31.6 Å². The van der Waals surface area contributed by atoms with Gasteiger partial charge in [-0.2, -0.15) is 0 Å². The third-order valence-electron chi connectivity index (χ3n) is 5.46. The Morgan fingerprint density at radius 2 is 1.90 bits per heavy atom. The maximum absolute atomic E-state index is 12.5. The summed E-state index contributed by atoms with van der Waals surface area (Å²) in [6, 6.07) is 3.87. The number of anilines is 1. The summed E-state index contributed by atoms with van der Waals surface area (Å²) >= 11 is 0. The van der Waals surface area contributed by atoms with Crippen LogP contribution in [-0.4, -0.2) is 65.2 Å². The summed E-state index contributed by atoms with van der Waals surface area (Å²) in [7, 11) is 9.10. The minimum absolute atomic E-state index is 0.0321. The summed E-state index contributed by atoms with van der Waals surface area (Å²) in [4.78, 5) is 27.5. The molecule has 9 nitrogen and oxygen atoms in total. The number of aromatic nitrogens is 4. The SMILES string of the molecule is COc1ncnc(OC)c1-c1cc2cc(NC(=O)C3CC3CN(C)C)ncc2n1C. The minimum atomic E-state index is 0.0321. The second-order valence-electron chi connectivity index (χ2n) is 7.84. The van der Waals surface area contributed by atoms with Gasteiger partial charge in [0.15, 0.2) is 0 Å². The van der Waals surface area contributed by atoms with Crippen molar-refractivity contribution in [2.24, 2.45) is 18.9 Å². The molecular weight excluding hydrogens is 384 g/mol. The first kappa shape index (κ1) is 20.1. The highest BCUT2D eigenvalue weighted by atomic mass is 16.5. The summed E-state index contributed by atoms with van der Waals surface area (Å²) < 4.78 is 12.8. The molecule has 9 heteroatoms. The van der Waals surface area contributed by atoms with Crippen molar-refractivity contribution in [1.82, 2.24) is 24.4 Å². The molecule has 2 atom stereocenters. The molecule has 1 amide bonds. The Morgan fingerprint density at radius 3 is 2.53 bits per heavy atom. The number of aryl methyl sites for hydroxylation is 1. The molecule has 30 heavy (non-hydrogen) atoms. The monoisotopic (exact) mass is 410 g/mol. The number of ether oxygens (including phenoxy) is 2. The van der Waals surface area contributed by atoms with Crippen LogP contribution in [0.2, 0.25) is 0 Å². The fourth-order valence-electron chi connectivity index (χ4n) is 3.88. The fourth-order valence-corrected chi connectivity index (χ4v) is 3.88. The number of hydrogen-bond donors (Lipinski definition) is 1. The van der Waals surface area contributed by atoms with Crippen LogP contribution >= 0.6 is 0 Å². The van der Waals surface area contributed by atoms with Crippen LogP contribution in [0.5, 0.6) is 11.8 Å². The molecule has 0 bridgehead atoms. The predicted molar refractivity (Wildman–Crippen MR) is 114 cm³/mol. The zero-order valence-electron chi connectivity index (χ0n) is 17.8. The lowest BCUT2D eigenvalue weighted by Gasteiger charge is -2.11. The van der Waals surface area contributed by atoms with Gasteiger partial charge in [-0.05, 0) is 38.6 Å². The van der Waals surface area contributed by atoms with Gasteiger partial charge in [0.2, 0.25) is 17.7 Å². The number of nitrogens with zero attached hydrogens (tertiary/aromatic N) is 5. The molecule has 1 fully saturated rings. The van der Waals surface area contributed by atoms with E-state index in [1.807, 2.05) is 37.8 Å². The Hall–Kier alpha value is -3.20.